The Morgan fingerprint density at radius 1 is 1.28 bits per heavy atom. The summed E-state index contributed by atoms with van der Waals surface area (Å²) in [7, 11) is 1.04. The molecule has 6 nitrogen and oxygen atoms in total. The van der Waals surface area contributed by atoms with Crippen molar-refractivity contribution >= 4 is 15.9 Å². The second kappa shape index (κ2) is 8.19. The average Bonchev–Trinajstić information content (AvgIpc) is 2.59. The van der Waals surface area contributed by atoms with Crippen molar-refractivity contribution in [2.24, 2.45) is 5.92 Å². The molecule has 0 spiro atoms. The van der Waals surface area contributed by atoms with Crippen molar-refractivity contribution in [2.45, 2.75) is 37.5 Å². The van der Waals surface area contributed by atoms with Crippen LogP contribution in [0.5, 0.6) is 5.75 Å². The van der Waals surface area contributed by atoms with E-state index >= 15 is 0 Å². The highest BCUT2D eigenvalue weighted by atomic mass is 32.2. The molecule has 7 heteroatoms. The average molecular weight is 368 g/mol. The van der Waals surface area contributed by atoms with Gasteiger partial charge in [-0.15, -0.1) is 0 Å². The molecule has 1 heterocycles. The molecule has 140 valence electrons. The number of carbonyl (C=O) groups is 1. The zero-order chi connectivity index (χ0) is 18.6. The van der Waals surface area contributed by atoms with E-state index in [4.69, 9.17) is 4.74 Å². The third kappa shape index (κ3) is 4.73. The fourth-order valence-corrected chi connectivity index (χ4v) is 3.93. The second-order valence-corrected chi connectivity index (χ2v) is 8.98. The van der Waals surface area contributed by atoms with Crippen LogP contribution in [0.3, 0.4) is 0 Å². The molecule has 0 N–H and O–H groups in total. The quantitative estimate of drug-likeness (QED) is 0.771. The monoisotopic (exact) mass is 368 g/mol. The molecule has 0 atom stereocenters. The zero-order valence-corrected chi connectivity index (χ0v) is 16.3. The van der Waals surface area contributed by atoms with Crippen molar-refractivity contribution in [1.29, 1.82) is 0 Å². The molecule has 1 aromatic rings. The van der Waals surface area contributed by atoms with Crippen molar-refractivity contribution in [3.63, 3.8) is 0 Å². The van der Waals surface area contributed by atoms with Crippen LogP contribution in [0.2, 0.25) is 0 Å². The lowest BCUT2D eigenvalue weighted by Gasteiger charge is -2.30. The highest BCUT2D eigenvalue weighted by Crippen LogP contribution is 2.25. The van der Waals surface area contributed by atoms with Gasteiger partial charge >= 0.3 is 0 Å². The molecule has 25 heavy (non-hydrogen) atoms. The predicted octanol–water partition coefficient (Wildman–Crippen LogP) is 2.14. The normalized spacial score (nSPS) is 16.3. The van der Waals surface area contributed by atoms with Gasteiger partial charge in [0.25, 0.3) is 0 Å². The summed E-state index contributed by atoms with van der Waals surface area (Å²) < 4.78 is 31.1. The number of likely N-dealkylation sites (tertiary alicyclic amines) is 1. The number of piperidine rings is 1. The summed E-state index contributed by atoms with van der Waals surface area (Å²) >= 11 is 0. The maximum atomic E-state index is 12.4. The number of nitrogens with zero attached hydrogens (tertiary/aromatic N) is 2. The third-order valence-corrected chi connectivity index (χ3v) is 6.59. The smallest absolute Gasteiger partial charge is 0.242 e. The SMILES string of the molecule is COc1ccc(S(=O)(=O)N(C)C)cc1CCC(=O)N1CCC(C)CC1. The molecule has 2 rings (SSSR count). The molecular formula is C18H28N2O4S. The van der Waals surface area contributed by atoms with Gasteiger partial charge in [-0.25, -0.2) is 12.7 Å². The number of hydrogen-bond donors (Lipinski definition) is 0. The van der Waals surface area contributed by atoms with Gasteiger partial charge < -0.3 is 9.64 Å². The molecule has 1 saturated heterocycles. The molecule has 0 aliphatic carbocycles. The van der Waals surface area contributed by atoms with Gasteiger partial charge in [0.1, 0.15) is 5.75 Å². The molecule has 1 amide bonds. The van der Waals surface area contributed by atoms with Crippen LogP contribution in [0, 0.1) is 5.92 Å². The largest absolute Gasteiger partial charge is 0.496 e. The Hall–Kier alpha value is -1.60. The van der Waals surface area contributed by atoms with Gasteiger partial charge in [0.05, 0.1) is 12.0 Å². The van der Waals surface area contributed by atoms with E-state index in [1.54, 1.807) is 19.2 Å². The van der Waals surface area contributed by atoms with Crippen molar-refractivity contribution in [3.8, 4) is 5.75 Å². The minimum Gasteiger partial charge on any atom is -0.496 e. The van der Waals surface area contributed by atoms with Crippen LogP contribution in [0.15, 0.2) is 23.1 Å². The highest BCUT2D eigenvalue weighted by Gasteiger charge is 2.22. The van der Waals surface area contributed by atoms with E-state index in [-0.39, 0.29) is 10.8 Å². The standard InChI is InChI=1S/C18H28N2O4S/c1-14-9-11-20(12-10-14)18(21)8-5-15-13-16(6-7-17(15)24-4)25(22,23)19(2)3/h6-7,13-14H,5,8-12H2,1-4H3. The van der Waals surface area contributed by atoms with Crippen molar-refractivity contribution in [3.05, 3.63) is 23.8 Å². The Morgan fingerprint density at radius 3 is 2.48 bits per heavy atom. The number of hydrogen-bond acceptors (Lipinski definition) is 4. The molecule has 0 saturated carbocycles. The van der Waals surface area contributed by atoms with Crippen LogP contribution in [-0.2, 0) is 21.2 Å². The minimum atomic E-state index is -3.51. The predicted molar refractivity (Wildman–Crippen MR) is 97.2 cm³/mol. The summed E-state index contributed by atoms with van der Waals surface area (Å²) in [6.45, 7) is 3.84. The summed E-state index contributed by atoms with van der Waals surface area (Å²) in [5.74, 6) is 1.41. The second-order valence-electron chi connectivity index (χ2n) is 6.82. The van der Waals surface area contributed by atoms with Gasteiger partial charge in [-0.05, 0) is 48.9 Å². The lowest BCUT2D eigenvalue weighted by Crippen LogP contribution is -2.38. The number of amides is 1. The van der Waals surface area contributed by atoms with Gasteiger partial charge in [0.15, 0.2) is 0 Å². The first-order valence-electron chi connectivity index (χ1n) is 8.63. The van der Waals surface area contributed by atoms with E-state index in [0.717, 1.165) is 31.5 Å². The lowest BCUT2D eigenvalue weighted by molar-refractivity contribution is -0.132. The Balaban J connectivity index is 2.11. The maximum Gasteiger partial charge on any atom is 0.242 e. The topological polar surface area (TPSA) is 66.9 Å². The summed E-state index contributed by atoms with van der Waals surface area (Å²) in [6.07, 6.45) is 2.91. The number of sulfonamides is 1. The summed E-state index contributed by atoms with van der Waals surface area (Å²) in [6, 6.07) is 4.80. The van der Waals surface area contributed by atoms with Crippen molar-refractivity contribution < 1.29 is 17.9 Å². The maximum absolute atomic E-state index is 12.4. The van der Waals surface area contributed by atoms with Gasteiger partial charge in [-0.1, -0.05) is 6.92 Å². The number of ether oxygens (including phenoxy) is 1. The summed E-state index contributed by atoms with van der Waals surface area (Å²) in [5.41, 5.74) is 0.740. The molecule has 1 aliphatic heterocycles. The van der Waals surface area contributed by atoms with E-state index < -0.39 is 10.0 Å². The Morgan fingerprint density at radius 2 is 1.92 bits per heavy atom. The van der Waals surface area contributed by atoms with Gasteiger partial charge in [0.2, 0.25) is 15.9 Å². The van der Waals surface area contributed by atoms with E-state index in [2.05, 4.69) is 6.92 Å². The highest BCUT2D eigenvalue weighted by molar-refractivity contribution is 7.89. The lowest BCUT2D eigenvalue weighted by atomic mass is 9.98. The molecule has 1 aliphatic rings. The summed E-state index contributed by atoms with van der Waals surface area (Å²) in [4.78, 5) is 14.6. The first-order valence-corrected chi connectivity index (χ1v) is 10.1. The van der Waals surface area contributed by atoms with Gasteiger partial charge in [0, 0.05) is 33.6 Å². The number of carbonyl (C=O) groups excluding carboxylic acids is 1. The van der Waals surface area contributed by atoms with Crippen LogP contribution in [-0.4, -0.2) is 57.8 Å². The molecule has 0 unspecified atom stereocenters. The van der Waals surface area contributed by atoms with Crippen LogP contribution in [0.1, 0.15) is 31.7 Å². The van der Waals surface area contributed by atoms with Gasteiger partial charge in [-0.3, -0.25) is 4.79 Å². The number of methoxy groups -OCH3 is 1. The first-order chi connectivity index (χ1) is 11.8. The van der Waals surface area contributed by atoms with E-state index in [1.165, 1.54) is 24.5 Å². The molecule has 1 aromatic carbocycles. The fraction of sp³-hybridized carbons (Fsp3) is 0.611. The Kier molecular flexibility index (Phi) is 6.46. The zero-order valence-electron chi connectivity index (χ0n) is 15.5. The van der Waals surface area contributed by atoms with Crippen LogP contribution in [0.4, 0.5) is 0 Å². The number of benzene rings is 1. The minimum absolute atomic E-state index is 0.120. The first kappa shape index (κ1) is 19.7. The number of rotatable bonds is 6. The number of aryl methyl sites for hydroxylation is 1. The van der Waals surface area contributed by atoms with Crippen LogP contribution >= 0.6 is 0 Å². The molecule has 0 radical (unpaired) electrons. The third-order valence-electron chi connectivity index (χ3n) is 4.77. The summed E-state index contributed by atoms with van der Waals surface area (Å²) in [5, 5.41) is 0. The fourth-order valence-electron chi connectivity index (χ4n) is 2.98. The Labute approximate surface area is 150 Å². The van der Waals surface area contributed by atoms with E-state index in [1.807, 2.05) is 4.90 Å². The van der Waals surface area contributed by atoms with Crippen molar-refractivity contribution in [2.75, 3.05) is 34.3 Å². The Bertz CT molecular complexity index is 708. The molecule has 0 bridgehead atoms. The van der Waals surface area contributed by atoms with E-state index in [0.29, 0.717) is 24.5 Å². The van der Waals surface area contributed by atoms with Crippen LogP contribution < -0.4 is 4.74 Å². The van der Waals surface area contributed by atoms with Crippen LogP contribution in [0.25, 0.3) is 0 Å². The molecular weight excluding hydrogens is 340 g/mol. The van der Waals surface area contributed by atoms with Gasteiger partial charge in [-0.2, -0.15) is 0 Å². The van der Waals surface area contributed by atoms with E-state index in [9.17, 15) is 13.2 Å². The van der Waals surface area contributed by atoms with Crippen molar-refractivity contribution in [1.82, 2.24) is 9.21 Å². The molecule has 1 fully saturated rings. The molecule has 0 aromatic heterocycles.